The SMILES string of the molecule is CCCN(CC(=O)OC)C(=O)c1cc2ccccc2o1. The summed E-state index contributed by atoms with van der Waals surface area (Å²) in [5.74, 6) is -0.500. The topological polar surface area (TPSA) is 59.8 Å². The summed E-state index contributed by atoms with van der Waals surface area (Å²) in [5, 5.41) is 0.866. The molecule has 2 rings (SSSR count). The lowest BCUT2D eigenvalue weighted by Crippen LogP contribution is -2.36. The molecule has 0 N–H and O–H groups in total. The van der Waals surface area contributed by atoms with Crippen LogP contribution in [0.15, 0.2) is 34.7 Å². The van der Waals surface area contributed by atoms with Crippen molar-refractivity contribution in [2.24, 2.45) is 0 Å². The molecule has 0 aliphatic rings. The number of rotatable bonds is 5. The lowest BCUT2D eigenvalue weighted by molar-refractivity contribution is -0.141. The molecule has 20 heavy (non-hydrogen) atoms. The minimum Gasteiger partial charge on any atom is -0.468 e. The minimum absolute atomic E-state index is 0.0692. The summed E-state index contributed by atoms with van der Waals surface area (Å²) in [6, 6.07) is 9.09. The zero-order valence-corrected chi connectivity index (χ0v) is 11.6. The van der Waals surface area contributed by atoms with Gasteiger partial charge in [-0.1, -0.05) is 25.1 Å². The van der Waals surface area contributed by atoms with Crippen molar-refractivity contribution in [1.29, 1.82) is 0 Å². The maximum Gasteiger partial charge on any atom is 0.325 e. The molecule has 0 fully saturated rings. The second-order valence-corrected chi connectivity index (χ2v) is 4.45. The van der Waals surface area contributed by atoms with Gasteiger partial charge in [0.2, 0.25) is 0 Å². The van der Waals surface area contributed by atoms with Gasteiger partial charge in [0.05, 0.1) is 7.11 Å². The first-order chi connectivity index (χ1) is 9.65. The van der Waals surface area contributed by atoms with Crippen molar-refractivity contribution in [1.82, 2.24) is 4.90 Å². The smallest absolute Gasteiger partial charge is 0.325 e. The highest BCUT2D eigenvalue weighted by Gasteiger charge is 2.21. The average Bonchev–Trinajstić information content (AvgIpc) is 2.89. The molecule has 0 unspecified atom stereocenters. The van der Waals surface area contributed by atoms with Gasteiger partial charge in [-0.3, -0.25) is 9.59 Å². The molecule has 0 spiro atoms. The molecular formula is C15H17NO4. The van der Waals surface area contributed by atoms with E-state index in [9.17, 15) is 9.59 Å². The molecule has 1 aromatic carbocycles. The van der Waals surface area contributed by atoms with Crippen molar-refractivity contribution >= 4 is 22.8 Å². The molecule has 0 radical (unpaired) electrons. The molecule has 1 aromatic heterocycles. The number of hydrogen-bond acceptors (Lipinski definition) is 4. The van der Waals surface area contributed by atoms with Crippen molar-refractivity contribution in [3.8, 4) is 0 Å². The molecule has 0 bridgehead atoms. The van der Waals surface area contributed by atoms with Crippen molar-refractivity contribution in [2.75, 3.05) is 20.2 Å². The van der Waals surface area contributed by atoms with Crippen molar-refractivity contribution in [3.05, 3.63) is 36.1 Å². The number of fused-ring (bicyclic) bond motifs is 1. The standard InChI is InChI=1S/C15H17NO4/c1-3-8-16(10-14(17)19-2)15(18)13-9-11-6-4-5-7-12(11)20-13/h4-7,9H,3,8,10H2,1-2H3. The third-order valence-electron chi connectivity index (χ3n) is 2.96. The van der Waals surface area contributed by atoms with Gasteiger partial charge in [0, 0.05) is 11.9 Å². The normalized spacial score (nSPS) is 10.5. The summed E-state index contributed by atoms with van der Waals surface area (Å²) in [4.78, 5) is 25.2. The number of furan rings is 1. The third-order valence-corrected chi connectivity index (χ3v) is 2.96. The van der Waals surface area contributed by atoms with Crippen molar-refractivity contribution < 1.29 is 18.7 Å². The van der Waals surface area contributed by atoms with E-state index in [0.717, 1.165) is 11.8 Å². The van der Waals surface area contributed by atoms with E-state index in [4.69, 9.17) is 4.42 Å². The van der Waals surface area contributed by atoms with Gasteiger partial charge in [0.1, 0.15) is 12.1 Å². The number of esters is 1. The van der Waals surface area contributed by atoms with E-state index in [-0.39, 0.29) is 18.2 Å². The molecular weight excluding hydrogens is 258 g/mol. The van der Waals surface area contributed by atoms with E-state index in [2.05, 4.69) is 4.74 Å². The van der Waals surface area contributed by atoms with Crippen LogP contribution in [0.2, 0.25) is 0 Å². The Morgan fingerprint density at radius 2 is 2.05 bits per heavy atom. The Kier molecular flexibility index (Phi) is 4.40. The minimum atomic E-state index is -0.442. The van der Waals surface area contributed by atoms with Gasteiger partial charge in [-0.2, -0.15) is 0 Å². The Morgan fingerprint density at radius 3 is 2.70 bits per heavy atom. The fourth-order valence-electron chi connectivity index (χ4n) is 1.99. The van der Waals surface area contributed by atoms with Gasteiger partial charge in [-0.15, -0.1) is 0 Å². The fraction of sp³-hybridized carbons (Fsp3) is 0.333. The molecule has 1 heterocycles. The van der Waals surface area contributed by atoms with Crippen molar-refractivity contribution in [2.45, 2.75) is 13.3 Å². The summed E-state index contributed by atoms with van der Waals surface area (Å²) >= 11 is 0. The van der Waals surface area contributed by atoms with E-state index in [1.165, 1.54) is 12.0 Å². The van der Waals surface area contributed by atoms with Crippen LogP contribution in [0, 0.1) is 0 Å². The molecule has 0 atom stereocenters. The zero-order chi connectivity index (χ0) is 14.5. The van der Waals surface area contributed by atoms with Crippen molar-refractivity contribution in [3.63, 3.8) is 0 Å². The number of nitrogens with zero attached hydrogens (tertiary/aromatic N) is 1. The van der Waals surface area contributed by atoms with E-state index in [1.807, 2.05) is 25.1 Å². The van der Waals surface area contributed by atoms with Crippen LogP contribution >= 0.6 is 0 Å². The Hall–Kier alpha value is -2.30. The maximum absolute atomic E-state index is 12.4. The highest BCUT2D eigenvalue weighted by atomic mass is 16.5. The van der Waals surface area contributed by atoms with Crippen LogP contribution in [0.1, 0.15) is 23.9 Å². The van der Waals surface area contributed by atoms with Crippen LogP contribution < -0.4 is 0 Å². The molecule has 2 aromatic rings. The van der Waals surface area contributed by atoms with E-state index >= 15 is 0 Å². The Morgan fingerprint density at radius 1 is 1.30 bits per heavy atom. The number of hydrogen-bond donors (Lipinski definition) is 0. The van der Waals surface area contributed by atoms with Crippen LogP contribution in [-0.2, 0) is 9.53 Å². The lowest BCUT2D eigenvalue weighted by atomic mass is 10.2. The van der Waals surface area contributed by atoms with Crippen LogP contribution in [0.25, 0.3) is 11.0 Å². The van der Waals surface area contributed by atoms with E-state index in [0.29, 0.717) is 12.1 Å². The Balaban J connectivity index is 2.23. The summed E-state index contributed by atoms with van der Waals surface area (Å²) in [6.45, 7) is 2.35. The second kappa shape index (κ2) is 6.23. The molecule has 0 saturated carbocycles. The van der Waals surface area contributed by atoms with Crippen LogP contribution in [0.3, 0.4) is 0 Å². The second-order valence-electron chi connectivity index (χ2n) is 4.45. The molecule has 5 heteroatoms. The molecule has 0 aliphatic heterocycles. The molecule has 5 nitrogen and oxygen atoms in total. The Bertz CT molecular complexity index is 584. The van der Waals surface area contributed by atoms with Crippen LogP contribution in [0.4, 0.5) is 0 Å². The molecule has 106 valence electrons. The van der Waals surface area contributed by atoms with E-state index in [1.54, 1.807) is 12.1 Å². The molecule has 1 amide bonds. The van der Waals surface area contributed by atoms with Gasteiger partial charge in [-0.25, -0.2) is 0 Å². The van der Waals surface area contributed by atoms with Gasteiger partial charge >= 0.3 is 5.97 Å². The summed E-state index contributed by atoms with van der Waals surface area (Å²) < 4.78 is 10.1. The first-order valence-corrected chi connectivity index (χ1v) is 6.50. The lowest BCUT2D eigenvalue weighted by Gasteiger charge is -2.19. The number of ether oxygens (including phenoxy) is 1. The number of methoxy groups -OCH3 is 1. The predicted molar refractivity (Wildman–Crippen MR) is 74.4 cm³/mol. The van der Waals surface area contributed by atoms with Gasteiger partial charge in [0.25, 0.3) is 5.91 Å². The summed E-state index contributed by atoms with van der Waals surface area (Å²) in [7, 11) is 1.30. The number of carbonyl (C=O) groups is 2. The monoisotopic (exact) mass is 275 g/mol. The highest BCUT2D eigenvalue weighted by Crippen LogP contribution is 2.20. The third kappa shape index (κ3) is 2.99. The number of amides is 1. The van der Waals surface area contributed by atoms with Gasteiger partial charge < -0.3 is 14.1 Å². The summed E-state index contributed by atoms with van der Waals surface area (Å²) in [5.41, 5.74) is 0.658. The van der Waals surface area contributed by atoms with Gasteiger partial charge in [0.15, 0.2) is 5.76 Å². The number of para-hydroxylation sites is 1. The van der Waals surface area contributed by atoms with E-state index < -0.39 is 5.97 Å². The maximum atomic E-state index is 12.4. The fourth-order valence-corrected chi connectivity index (χ4v) is 1.99. The highest BCUT2D eigenvalue weighted by molar-refractivity contribution is 5.97. The molecule has 0 aliphatic carbocycles. The Labute approximate surface area is 117 Å². The number of benzene rings is 1. The average molecular weight is 275 g/mol. The summed E-state index contributed by atoms with van der Waals surface area (Å²) in [6.07, 6.45) is 0.753. The van der Waals surface area contributed by atoms with Gasteiger partial charge in [-0.05, 0) is 18.6 Å². The number of carbonyl (C=O) groups excluding carboxylic acids is 2. The quantitative estimate of drug-likeness (QED) is 0.786. The molecule has 0 saturated heterocycles. The first kappa shape index (κ1) is 14.1. The zero-order valence-electron chi connectivity index (χ0n) is 11.6. The van der Waals surface area contributed by atoms with Crippen LogP contribution in [0.5, 0.6) is 0 Å². The largest absolute Gasteiger partial charge is 0.468 e. The van der Waals surface area contributed by atoms with Crippen LogP contribution in [-0.4, -0.2) is 37.0 Å². The first-order valence-electron chi connectivity index (χ1n) is 6.50. The predicted octanol–water partition coefficient (Wildman–Crippen LogP) is 2.46.